The molecule has 0 aliphatic carbocycles. The molecular weight excluding hydrogens is 272 g/mol. The van der Waals surface area contributed by atoms with Crippen molar-refractivity contribution < 1.29 is 19.1 Å². The lowest BCUT2D eigenvalue weighted by atomic mass is 9.91. The topological polar surface area (TPSA) is 67.9 Å². The van der Waals surface area contributed by atoms with Crippen LogP contribution in [0.4, 0.5) is 4.79 Å². The zero-order valence-electron chi connectivity index (χ0n) is 12.7. The van der Waals surface area contributed by atoms with Gasteiger partial charge in [-0.15, -0.1) is 0 Å². The van der Waals surface area contributed by atoms with Gasteiger partial charge in [-0.1, -0.05) is 13.0 Å². The number of ether oxygens (including phenoxy) is 2. The highest BCUT2D eigenvalue weighted by molar-refractivity contribution is 6.07. The molecule has 0 radical (unpaired) electrons. The summed E-state index contributed by atoms with van der Waals surface area (Å²) in [4.78, 5) is 25.8. The average molecular weight is 292 g/mol. The summed E-state index contributed by atoms with van der Waals surface area (Å²) in [7, 11) is 3.08. The number of carbonyl (C=O) groups excluding carboxylic acids is 2. The van der Waals surface area contributed by atoms with E-state index in [1.807, 2.05) is 6.92 Å². The van der Waals surface area contributed by atoms with Gasteiger partial charge in [0.05, 0.1) is 14.2 Å². The third kappa shape index (κ3) is 2.41. The van der Waals surface area contributed by atoms with E-state index in [9.17, 15) is 9.59 Å². The fourth-order valence-electron chi connectivity index (χ4n) is 2.47. The maximum atomic E-state index is 12.6. The number of methoxy groups -OCH3 is 2. The van der Waals surface area contributed by atoms with Crippen molar-refractivity contribution in [1.29, 1.82) is 0 Å². The van der Waals surface area contributed by atoms with Gasteiger partial charge in [-0.05, 0) is 31.0 Å². The molecule has 0 aromatic heterocycles. The van der Waals surface area contributed by atoms with Gasteiger partial charge in [0, 0.05) is 6.54 Å². The summed E-state index contributed by atoms with van der Waals surface area (Å²) >= 11 is 0. The maximum absolute atomic E-state index is 12.6. The Bertz CT molecular complexity index is 573. The number of urea groups is 1. The van der Waals surface area contributed by atoms with Crippen molar-refractivity contribution >= 4 is 11.9 Å². The summed E-state index contributed by atoms with van der Waals surface area (Å²) in [5, 5.41) is 2.76. The van der Waals surface area contributed by atoms with Gasteiger partial charge < -0.3 is 14.8 Å². The molecule has 1 atom stereocenters. The van der Waals surface area contributed by atoms with Crippen LogP contribution in [-0.2, 0) is 10.3 Å². The molecule has 1 aromatic rings. The highest BCUT2D eigenvalue weighted by Crippen LogP contribution is 2.35. The highest BCUT2D eigenvalue weighted by atomic mass is 16.5. The molecule has 1 fully saturated rings. The number of benzene rings is 1. The normalized spacial score (nSPS) is 21.4. The minimum atomic E-state index is -1.08. The van der Waals surface area contributed by atoms with Gasteiger partial charge >= 0.3 is 6.03 Å². The van der Waals surface area contributed by atoms with Crippen molar-refractivity contribution in [2.45, 2.75) is 25.8 Å². The quantitative estimate of drug-likeness (QED) is 0.841. The summed E-state index contributed by atoms with van der Waals surface area (Å²) in [5.74, 6) is 0.848. The zero-order chi connectivity index (χ0) is 15.6. The van der Waals surface area contributed by atoms with Crippen LogP contribution in [0, 0.1) is 0 Å². The van der Waals surface area contributed by atoms with Crippen molar-refractivity contribution in [3.8, 4) is 11.5 Å². The lowest BCUT2D eigenvalue weighted by molar-refractivity contribution is -0.131. The van der Waals surface area contributed by atoms with Crippen LogP contribution in [0.25, 0.3) is 0 Å². The first-order valence-electron chi connectivity index (χ1n) is 6.84. The number of carbonyl (C=O) groups is 2. The molecule has 21 heavy (non-hydrogen) atoms. The van der Waals surface area contributed by atoms with Crippen molar-refractivity contribution in [2.24, 2.45) is 0 Å². The van der Waals surface area contributed by atoms with Crippen LogP contribution in [-0.4, -0.2) is 37.6 Å². The van der Waals surface area contributed by atoms with Crippen molar-refractivity contribution in [3.05, 3.63) is 23.8 Å². The molecule has 0 saturated carbocycles. The molecule has 6 heteroatoms. The molecule has 1 N–H and O–H groups in total. The minimum Gasteiger partial charge on any atom is -0.493 e. The number of imide groups is 1. The van der Waals surface area contributed by atoms with E-state index in [0.717, 1.165) is 6.42 Å². The van der Waals surface area contributed by atoms with Gasteiger partial charge in [0.2, 0.25) is 0 Å². The van der Waals surface area contributed by atoms with Crippen LogP contribution in [0.15, 0.2) is 18.2 Å². The van der Waals surface area contributed by atoms with Crippen molar-refractivity contribution in [1.82, 2.24) is 10.2 Å². The Morgan fingerprint density at radius 2 is 1.86 bits per heavy atom. The third-order valence-corrected chi connectivity index (χ3v) is 3.68. The number of nitrogens with one attached hydrogen (secondary N) is 1. The lowest BCUT2D eigenvalue weighted by Crippen LogP contribution is -2.41. The summed E-state index contributed by atoms with van der Waals surface area (Å²) in [6.07, 6.45) is 0.723. The number of amides is 3. The van der Waals surface area contributed by atoms with E-state index < -0.39 is 5.54 Å². The summed E-state index contributed by atoms with van der Waals surface area (Å²) in [6, 6.07) is 4.84. The molecule has 6 nitrogen and oxygen atoms in total. The van der Waals surface area contributed by atoms with Gasteiger partial charge in [0.1, 0.15) is 5.54 Å². The van der Waals surface area contributed by atoms with E-state index in [1.165, 1.54) is 12.0 Å². The van der Waals surface area contributed by atoms with E-state index in [1.54, 1.807) is 32.2 Å². The summed E-state index contributed by atoms with van der Waals surface area (Å²) in [6.45, 7) is 4.03. The molecule has 1 saturated heterocycles. The largest absolute Gasteiger partial charge is 0.493 e. The Morgan fingerprint density at radius 1 is 1.19 bits per heavy atom. The fourth-order valence-corrected chi connectivity index (χ4v) is 2.47. The predicted octanol–water partition coefficient (Wildman–Crippen LogP) is 1.88. The second kappa shape index (κ2) is 5.63. The number of rotatable bonds is 5. The second-order valence-corrected chi connectivity index (χ2v) is 5.08. The molecule has 1 aliphatic heterocycles. The first kappa shape index (κ1) is 15.2. The van der Waals surface area contributed by atoms with Gasteiger partial charge in [0.25, 0.3) is 5.91 Å². The van der Waals surface area contributed by atoms with Gasteiger partial charge in [-0.25, -0.2) is 4.79 Å². The lowest BCUT2D eigenvalue weighted by Gasteiger charge is -2.23. The molecule has 114 valence electrons. The molecule has 1 aliphatic rings. The van der Waals surface area contributed by atoms with Gasteiger partial charge in [0.15, 0.2) is 11.5 Å². The molecule has 3 amide bonds. The van der Waals surface area contributed by atoms with Gasteiger partial charge in [-0.2, -0.15) is 0 Å². The van der Waals surface area contributed by atoms with Crippen LogP contribution < -0.4 is 14.8 Å². The smallest absolute Gasteiger partial charge is 0.325 e. The number of nitrogens with zero attached hydrogens (tertiary/aromatic N) is 1. The van der Waals surface area contributed by atoms with Crippen molar-refractivity contribution in [2.75, 3.05) is 20.8 Å². The fraction of sp³-hybridized carbons (Fsp3) is 0.467. The molecule has 0 unspecified atom stereocenters. The van der Waals surface area contributed by atoms with E-state index in [0.29, 0.717) is 23.6 Å². The third-order valence-electron chi connectivity index (χ3n) is 3.68. The van der Waals surface area contributed by atoms with Crippen LogP contribution in [0.2, 0.25) is 0 Å². The Kier molecular flexibility index (Phi) is 4.06. The first-order chi connectivity index (χ1) is 9.97. The van der Waals surface area contributed by atoms with E-state index in [2.05, 4.69) is 5.32 Å². The Labute approximate surface area is 124 Å². The SMILES string of the molecule is CCCN1C(=O)N[C@](C)(c2ccc(OC)c(OC)c2)C1=O. The highest BCUT2D eigenvalue weighted by Gasteiger charge is 2.48. The molecule has 0 spiro atoms. The van der Waals surface area contributed by atoms with Crippen LogP contribution in [0.5, 0.6) is 11.5 Å². The molecular formula is C15H20N2O4. The predicted molar refractivity (Wildman–Crippen MR) is 77.4 cm³/mol. The van der Waals surface area contributed by atoms with Crippen LogP contribution in [0.1, 0.15) is 25.8 Å². The van der Waals surface area contributed by atoms with E-state index in [-0.39, 0.29) is 11.9 Å². The second-order valence-electron chi connectivity index (χ2n) is 5.08. The monoisotopic (exact) mass is 292 g/mol. The first-order valence-corrected chi connectivity index (χ1v) is 6.84. The molecule has 0 bridgehead atoms. The van der Waals surface area contributed by atoms with E-state index >= 15 is 0 Å². The number of hydrogen-bond acceptors (Lipinski definition) is 4. The van der Waals surface area contributed by atoms with Crippen LogP contribution in [0.3, 0.4) is 0 Å². The Morgan fingerprint density at radius 3 is 2.43 bits per heavy atom. The summed E-state index contributed by atoms with van der Waals surface area (Å²) in [5.41, 5.74) is -0.414. The minimum absolute atomic E-state index is 0.249. The Hall–Kier alpha value is -2.24. The number of hydrogen-bond donors (Lipinski definition) is 1. The molecule has 1 heterocycles. The standard InChI is InChI=1S/C15H20N2O4/c1-5-8-17-13(18)15(2,16-14(17)19)10-6-7-11(20-3)12(9-10)21-4/h6-7,9H,5,8H2,1-4H3,(H,16,19)/t15-/m1/s1. The molecule has 1 aromatic carbocycles. The summed E-state index contributed by atoms with van der Waals surface area (Å²) < 4.78 is 10.4. The van der Waals surface area contributed by atoms with Crippen molar-refractivity contribution in [3.63, 3.8) is 0 Å². The van der Waals surface area contributed by atoms with Crippen LogP contribution >= 0.6 is 0 Å². The average Bonchev–Trinajstić information content (AvgIpc) is 2.71. The van der Waals surface area contributed by atoms with Gasteiger partial charge in [-0.3, -0.25) is 9.69 Å². The zero-order valence-corrected chi connectivity index (χ0v) is 12.7. The maximum Gasteiger partial charge on any atom is 0.325 e. The molecule has 2 rings (SSSR count). The Balaban J connectivity index is 2.41. The van der Waals surface area contributed by atoms with E-state index in [4.69, 9.17) is 9.47 Å².